The highest BCUT2D eigenvalue weighted by Crippen LogP contribution is 2.42. The Labute approximate surface area is 194 Å². The monoisotopic (exact) mass is 569 g/mol. The maximum atomic E-state index is 12.7. The molecule has 2 bridgehead atoms. The highest BCUT2D eigenvalue weighted by Gasteiger charge is 2.50. The number of ether oxygens (including phenoxy) is 2. The minimum atomic E-state index is -0.259. The van der Waals surface area contributed by atoms with Crippen LogP contribution in [0.5, 0.6) is 0 Å². The topological polar surface area (TPSA) is 38.8 Å². The van der Waals surface area contributed by atoms with Crippen molar-refractivity contribution in [2.45, 2.75) is 43.6 Å². The Bertz CT molecular complexity index is 812. The molecule has 2 aromatic carbocycles. The lowest BCUT2D eigenvalue weighted by Crippen LogP contribution is -2.53. The summed E-state index contributed by atoms with van der Waals surface area (Å²) in [5.41, 5.74) is 2.19. The highest BCUT2D eigenvalue weighted by atomic mass is 127. The molecule has 0 aromatic heterocycles. The van der Waals surface area contributed by atoms with Crippen molar-refractivity contribution >= 4 is 44.5 Å². The Hall–Kier alpha value is -0.960. The standard InChI is InChI=1S/C23H25BrINO3/c1-26-18-11-12-19(26)21(23(27)28-2)20(13-18)29-22(14-3-7-16(24)8-4-14)15-5-9-17(25)10-6-15/h3-10,18-22H,11-13H2,1-2H3/t18-,19+,20+,21-,22?/m1/s1. The molecule has 2 aliphatic rings. The van der Waals surface area contributed by atoms with Crippen molar-refractivity contribution in [2.24, 2.45) is 5.92 Å². The van der Waals surface area contributed by atoms with Gasteiger partial charge in [-0.15, -0.1) is 0 Å². The first-order valence-electron chi connectivity index (χ1n) is 9.94. The van der Waals surface area contributed by atoms with E-state index in [1.54, 1.807) is 0 Å². The Kier molecular flexibility index (Phi) is 6.63. The maximum Gasteiger partial charge on any atom is 0.312 e. The molecule has 0 aliphatic carbocycles. The Balaban J connectivity index is 1.68. The van der Waals surface area contributed by atoms with Gasteiger partial charge in [-0.1, -0.05) is 40.2 Å². The fourth-order valence-electron chi connectivity index (χ4n) is 4.81. The third kappa shape index (κ3) is 4.40. The summed E-state index contributed by atoms with van der Waals surface area (Å²) in [6.45, 7) is 0. The molecule has 154 valence electrons. The summed E-state index contributed by atoms with van der Waals surface area (Å²) >= 11 is 5.83. The van der Waals surface area contributed by atoms with E-state index in [4.69, 9.17) is 9.47 Å². The van der Waals surface area contributed by atoms with Crippen LogP contribution in [0.15, 0.2) is 53.0 Å². The summed E-state index contributed by atoms with van der Waals surface area (Å²) < 4.78 is 14.2. The first-order chi connectivity index (χ1) is 14.0. The molecule has 1 unspecified atom stereocenters. The highest BCUT2D eigenvalue weighted by molar-refractivity contribution is 14.1. The van der Waals surface area contributed by atoms with E-state index in [2.05, 4.69) is 86.9 Å². The van der Waals surface area contributed by atoms with Crippen LogP contribution in [0.2, 0.25) is 0 Å². The van der Waals surface area contributed by atoms with E-state index < -0.39 is 0 Å². The van der Waals surface area contributed by atoms with Gasteiger partial charge in [0.15, 0.2) is 0 Å². The summed E-state index contributed by atoms with van der Waals surface area (Å²) in [4.78, 5) is 15.1. The summed E-state index contributed by atoms with van der Waals surface area (Å²) in [7, 11) is 3.60. The van der Waals surface area contributed by atoms with Gasteiger partial charge >= 0.3 is 5.97 Å². The molecule has 6 heteroatoms. The number of piperidine rings is 1. The summed E-state index contributed by atoms with van der Waals surface area (Å²) in [5, 5.41) is 0. The Morgan fingerprint density at radius 3 is 2.34 bits per heavy atom. The van der Waals surface area contributed by atoms with Gasteiger partial charge in [0.25, 0.3) is 0 Å². The predicted molar refractivity (Wildman–Crippen MR) is 125 cm³/mol. The van der Waals surface area contributed by atoms with Crippen molar-refractivity contribution in [3.63, 3.8) is 0 Å². The number of carbonyl (C=O) groups is 1. The molecule has 2 aliphatic heterocycles. The molecule has 4 rings (SSSR count). The fourth-order valence-corrected chi connectivity index (χ4v) is 5.43. The van der Waals surface area contributed by atoms with E-state index in [1.807, 2.05) is 12.1 Å². The van der Waals surface area contributed by atoms with Gasteiger partial charge in [0.2, 0.25) is 0 Å². The van der Waals surface area contributed by atoms with Crippen LogP contribution in [0, 0.1) is 9.49 Å². The molecular formula is C23H25BrINO3. The Morgan fingerprint density at radius 1 is 1.10 bits per heavy atom. The molecule has 0 amide bonds. The second-order valence-corrected chi connectivity index (χ2v) is 10.1. The van der Waals surface area contributed by atoms with Gasteiger partial charge in [0.1, 0.15) is 6.10 Å². The third-order valence-corrected chi connectivity index (χ3v) is 7.59. The number of halogens is 2. The minimum absolute atomic E-state index is 0.163. The van der Waals surface area contributed by atoms with Crippen LogP contribution >= 0.6 is 38.5 Å². The molecule has 0 spiro atoms. The second-order valence-electron chi connectivity index (χ2n) is 7.91. The van der Waals surface area contributed by atoms with E-state index in [1.165, 1.54) is 10.7 Å². The average Bonchev–Trinajstić information content (AvgIpc) is 2.96. The Morgan fingerprint density at radius 2 is 1.72 bits per heavy atom. The summed E-state index contributed by atoms with van der Waals surface area (Å²) in [5.74, 6) is -0.421. The number of esters is 1. The minimum Gasteiger partial charge on any atom is -0.469 e. The van der Waals surface area contributed by atoms with E-state index in [0.29, 0.717) is 6.04 Å². The SMILES string of the molecule is COC(=O)[C@H]1[C@@H](OC(c2ccc(Br)cc2)c2ccc(I)cc2)C[C@H]2CC[C@@H]1N2C. The van der Waals surface area contributed by atoms with Crippen LogP contribution in [-0.2, 0) is 14.3 Å². The number of hydrogen-bond donors (Lipinski definition) is 0. The zero-order valence-electron chi connectivity index (χ0n) is 16.6. The fraction of sp³-hybridized carbons (Fsp3) is 0.435. The number of rotatable bonds is 5. The van der Waals surface area contributed by atoms with Crippen LogP contribution in [0.1, 0.15) is 36.5 Å². The quantitative estimate of drug-likeness (QED) is 0.367. The first-order valence-corrected chi connectivity index (χ1v) is 11.8. The predicted octanol–water partition coefficient (Wildman–Crippen LogP) is 5.18. The molecule has 29 heavy (non-hydrogen) atoms. The van der Waals surface area contributed by atoms with Gasteiger partial charge in [-0.3, -0.25) is 9.69 Å². The zero-order valence-corrected chi connectivity index (χ0v) is 20.3. The lowest BCUT2D eigenvalue weighted by atomic mass is 9.87. The van der Waals surface area contributed by atoms with Crippen LogP contribution < -0.4 is 0 Å². The second kappa shape index (κ2) is 9.04. The smallest absolute Gasteiger partial charge is 0.312 e. The average molecular weight is 570 g/mol. The molecule has 4 nitrogen and oxygen atoms in total. The molecule has 0 N–H and O–H groups in total. The number of nitrogens with zero attached hydrogens (tertiary/aromatic N) is 1. The van der Waals surface area contributed by atoms with Crippen molar-refractivity contribution < 1.29 is 14.3 Å². The third-order valence-electron chi connectivity index (χ3n) is 6.34. The molecule has 2 aromatic rings. The number of benzene rings is 2. The number of fused-ring (bicyclic) bond motifs is 2. The van der Waals surface area contributed by atoms with E-state index in [9.17, 15) is 4.79 Å². The number of hydrogen-bond acceptors (Lipinski definition) is 4. The lowest BCUT2D eigenvalue weighted by molar-refractivity contribution is -0.162. The van der Waals surface area contributed by atoms with Crippen molar-refractivity contribution in [1.82, 2.24) is 4.90 Å². The van der Waals surface area contributed by atoms with Gasteiger partial charge < -0.3 is 9.47 Å². The van der Waals surface area contributed by atoms with Crippen LogP contribution in [-0.4, -0.2) is 43.2 Å². The molecule has 2 heterocycles. The molecule has 5 atom stereocenters. The normalized spacial score (nSPS) is 27.6. The van der Waals surface area contributed by atoms with Crippen molar-refractivity contribution in [2.75, 3.05) is 14.2 Å². The lowest BCUT2D eigenvalue weighted by Gasteiger charge is -2.42. The number of carbonyl (C=O) groups excluding carboxylic acids is 1. The van der Waals surface area contributed by atoms with Gasteiger partial charge in [-0.05, 0) is 84.3 Å². The van der Waals surface area contributed by atoms with Gasteiger partial charge in [0.05, 0.1) is 19.1 Å². The van der Waals surface area contributed by atoms with Crippen molar-refractivity contribution in [3.8, 4) is 0 Å². The summed E-state index contributed by atoms with van der Waals surface area (Å²) in [6.07, 6.45) is 2.60. The molecule has 0 saturated carbocycles. The van der Waals surface area contributed by atoms with Crippen LogP contribution in [0.25, 0.3) is 0 Å². The van der Waals surface area contributed by atoms with Gasteiger partial charge in [0, 0.05) is 20.1 Å². The van der Waals surface area contributed by atoms with E-state index in [0.717, 1.165) is 34.9 Å². The molecule has 2 fully saturated rings. The maximum absolute atomic E-state index is 12.7. The first kappa shape index (κ1) is 21.3. The molecule has 2 saturated heterocycles. The zero-order chi connectivity index (χ0) is 20.5. The van der Waals surface area contributed by atoms with E-state index in [-0.39, 0.29) is 30.1 Å². The number of methoxy groups -OCH3 is 1. The molecule has 0 radical (unpaired) electrons. The van der Waals surface area contributed by atoms with Gasteiger partial charge in [-0.25, -0.2) is 0 Å². The largest absolute Gasteiger partial charge is 0.469 e. The van der Waals surface area contributed by atoms with Crippen LogP contribution in [0.4, 0.5) is 0 Å². The van der Waals surface area contributed by atoms with E-state index >= 15 is 0 Å². The summed E-state index contributed by atoms with van der Waals surface area (Å²) in [6, 6.07) is 17.3. The van der Waals surface area contributed by atoms with Crippen molar-refractivity contribution in [3.05, 3.63) is 67.7 Å². The molecular weight excluding hydrogens is 545 g/mol. The van der Waals surface area contributed by atoms with Crippen molar-refractivity contribution in [1.29, 1.82) is 0 Å². The van der Waals surface area contributed by atoms with Crippen LogP contribution in [0.3, 0.4) is 0 Å². The van der Waals surface area contributed by atoms with Gasteiger partial charge in [-0.2, -0.15) is 0 Å².